The number of rotatable bonds is 9. The molecular formula is C35H53NO4. The van der Waals surface area contributed by atoms with Gasteiger partial charge in [-0.1, -0.05) is 91.0 Å². The van der Waals surface area contributed by atoms with Gasteiger partial charge in [0.05, 0.1) is 5.60 Å². The highest BCUT2D eigenvalue weighted by Gasteiger charge is 2.37. The number of carbonyl (C=O) groups is 2. The molecule has 1 amide bonds. The zero-order valence-corrected chi connectivity index (χ0v) is 27.2. The van der Waals surface area contributed by atoms with Crippen LogP contribution in [0.15, 0.2) is 42.5 Å². The number of carboxylic acid groups (broad SMARTS) is 1. The van der Waals surface area contributed by atoms with Gasteiger partial charge in [0.15, 0.2) is 0 Å². The zero-order chi connectivity index (χ0) is 31.3. The molecule has 40 heavy (non-hydrogen) atoms. The summed E-state index contributed by atoms with van der Waals surface area (Å²) in [5.74, 6) is -1.35. The molecule has 0 aliphatic rings. The van der Waals surface area contributed by atoms with Crippen LogP contribution >= 0.6 is 0 Å². The molecule has 5 nitrogen and oxygen atoms in total. The molecule has 0 heterocycles. The van der Waals surface area contributed by atoms with E-state index in [0.717, 1.165) is 35.1 Å². The fourth-order valence-corrected chi connectivity index (χ4v) is 4.67. The van der Waals surface area contributed by atoms with Crippen LogP contribution in [0.2, 0.25) is 0 Å². The molecular weight excluding hydrogens is 498 g/mol. The quantitative estimate of drug-likeness (QED) is 0.329. The first kappa shape index (κ1) is 35.1. The fourth-order valence-electron chi connectivity index (χ4n) is 4.67. The third-order valence-electron chi connectivity index (χ3n) is 8.81. The first-order valence-electron chi connectivity index (χ1n) is 14.5. The molecule has 1 atom stereocenters. The molecule has 0 aromatic heterocycles. The van der Waals surface area contributed by atoms with E-state index in [1.165, 1.54) is 31.4 Å². The Morgan fingerprint density at radius 1 is 0.850 bits per heavy atom. The average molecular weight is 552 g/mol. The van der Waals surface area contributed by atoms with Crippen molar-refractivity contribution in [3.05, 3.63) is 75.9 Å². The first-order chi connectivity index (χ1) is 18.4. The molecule has 0 fully saturated rings. The lowest BCUT2D eigenvalue weighted by atomic mass is 9.69. The topological polar surface area (TPSA) is 77.8 Å². The molecule has 2 aromatic carbocycles. The van der Waals surface area contributed by atoms with Gasteiger partial charge in [0.25, 0.3) is 5.91 Å². The Kier molecular flexibility index (Phi) is 11.6. The molecule has 2 rings (SSSR count). The number of amides is 1. The summed E-state index contributed by atoms with van der Waals surface area (Å²) in [5.41, 5.74) is 3.13. The maximum absolute atomic E-state index is 13.2. The molecule has 222 valence electrons. The van der Waals surface area contributed by atoms with E-state index in [2.05, 4.69) is 45.0 Å². The highest BCUT2D eigenvalue weighted by atomic mass is 16.4. The number of hydrogen-bond donors (Lipinski definition) is 2. The van der Waals surface area contributed by atoms with Crippen LogP contribution in [-0.2, 0) is 10.2 Å². The molecule has 0 aliphatic carbocycles. The Labute approximate surface area is 243 Å². The Morgan fingerprint density at radius 3 is 1.73 bits per heavy atom. The monoisotopic (exact) mass is 551 g/mol. The van der Waals surface area contributed by atoms with E-state index in [1.54, 1.807) is 0 Å². The normalized spacial score (nSPS) is 13.8. The van der Waals surface area contributed by atoms with Gasteiger partial charge in [0, 0.05) is 18.0 Å². The van der Waals surface area contributed by atoms with Gasteiger partial charge >= 0.3 is 5.97 Å². The van der Waals surface area contributed by atoms with Crippen LogP contribution in [0.1, 0.15) is 120 Å². The van der Waals surface area contributed by atoms with Gasteiger partial charge in [-0.2, -0.15) is 0 Å². The Bertz CT molecular complexity index is 1210. The Hall–Kier alpha value is -2.92. The molecule has 0 spiro atoms. The van der Waals surface area contributed by atoms with Gasteiger partial charge in [-0.3, -0.25) is 4.79 Å². The third-order valence-corrected chi connectivity index (χ3v) is 8.81. The molecule has 5 heteroatoms. The molecule has 2 aromatic rings. The highest BCUT2D eigenvalue weighted by Crippen LogP contribution is 2.41. The van der Waals surface area contributed by atoms with Crippen LogP contribution in [0.5, 0.6) is 0 Å². The minimum atomic E-state index is -1.31. The Morgan fingerprint density at radius 2 is 1.32 bits per heavy atom. The molecule has 1 unspecified atom stereocenters. The summed E-state index contributed by atoms with van der Waals surface area (Å²) in [4.78, 5) is 26.2. The molecule has 2 N–H and O–H groups in total. The Balaban J connectivity index is 0.00000391. The van der Waals surface area contributed by atoms with Crippen molar-refractivity contribution in [1.29, 1.82) is 0 Å². The SMILES string of the molecule is CC.CCC(CC)(c1ccc(/C=C/C(C)(O)C(C)(C)C)c(C)c1)c1ccc(C(=O)N(C)C(C)(C)C(=O)O)c(C)c1. The van der Waals surface area contributed by atoms with Crippen LogP contribution in [0.25, 0.3) is 6.08 Å². The van der Waals surface area contributed by atoms with Gasteiger partial charge in [-0.15, -0.1) is 0 Å². The predicted molar refractivity (Wildman–Crippen MR) is 168 cm³/mol. The summed E-state index contributed by atoms with van der Waals surface area (Å²) in [5, 5.41) is 20.4. The standard InChI is InChI=1S/C33H47NO4.C2H6/c1-12-33(13-2,25-15-14-24(22(3)20-25)18-19-32(10,38)30(5,6)7)26-16-17-27(23(4)21-26)28(35)34(11)31(8,9)29(36)37;1-2/h14-21,38H,12-13H2,1-11H3,(H,36,37);1-2H3/b19-18+;. The minimum Gasteiger partial charge on any atom is -0.480 e. The van der Waals surface area contributed by atoms with Gasteiger partial charge in [-0.05, 0) is 86.8 Å². The molecule has 0 radical (unpaired) electrons. The average Bonchev–Trinajstić information content (AvgIpc) is 2.89. The number of aliphatic carboxylic acids is 1. The van der Waals surface area contributed by atoms with Gasteiger partial charge in [-0.25, -0.2) is 4.79 Å². The second-order valence-electron chi connectivity index (χ2n) is 12.3. The summed E-state index contributed by atoms with van der Waals surface area (Å²) >= 11 is 0. The second-order valence-corrected chi connectivity index (χ2v) is 12.3. The lowest BCUT2D eigenvalue weighted by Gasteiger charge is -2.35. The smallest absolute Gasteiger partial charge is 0.329 e. The molecule has 0 bridgehead atoms. The van der Waals surface area contributed by atoms with Gasteiger partial charge < -0.3 is 15.1 Å². The van der Waals surface area contributed by atoms with Crippen LogP contribution in [0, 0.1) is 19.3 Å². The van der Waals surface area contributed by atoms with Crippen molar-refractivity contribution in [3.8, 4) is 0 Å². The number of aliphatic hydroxyl groups is 1. The van der Waals surface area contributed by atoms with Crippen molar-refractivity contribution in [2.75, 3.05) is 7.05 Å². The van der Waals surface area contributed by atoms with Crippen molar-refractivity contribution >= 4 is 18.0 Å². The van der Waals surface area contributed by atoms with Crippen molar-refractivity contribution in [2.24, 2.45) is 5.41 Å². The lowest BCUT2D eigenvalue weighted by Crippen LogP contribution is -2.50. The van der Waals surface area contributed by atoms with Gasteiger partial charge in [0.2, 0.25) is 0 Å². The van der Waals surface area contributed by atoms with E-state index in [-0.39, 0.29) is 16.7 Å². The van der Waals surface area contributed by atoms with E-state index < -0.39 is 17.1 Å². The number of aryl methyl sites for hydroxylation is 2. The van der Waals surface area contributed by atoms with E-state index in [0.29, 0.717) is 5.56 Å². The van der Waals surface area contributed by atoms with E-state index in [1.807, 2.05) is 72.8 Å². The molecule has 0 saturated heterocycles. The summed E-state index contributed by atoms with van der Waals surface area (Å²) in [7, 11) is 1.53. The number of benzene rings is 2. The van der Waals surface area contributed by atoms with Crippen molar-refractivity contribution in [1.82, 2.24) is 4.90 Å². The second kappa shape index (κ2) is 13.2. The maximum Gasteiger partial charge on any atom is 0.329 e. The third kappa shape index (κ3) is 7.04. The first-order valence-corrected chi connectivity index (χ1v) is 14.5. The number of carbonyl (C=O) groups excluding carboxylic acids is 1. The van der Waals surface area contributed by atoms with Crippen molar-refractivity contribution in [2.45, 2.75) is 112 Å². The summed E-state index contributed by atoms with van der Waals surface area (Å²) in [6, 6.07) is 12.4. The number of likely N-dealkylation sites (N-methyl/N-ethyl adjacent to an activating group) is 1. The molecule has 0 saturated carbocycles. The van der Waals surface area contributed by atoms with Crippen LogP contribution in [0.3, 0.4) is 0 Å². The minimum absolute atomic E-state index is 0.234. The van der Waals surface area contributed by atoms with E-state index in [9.17, 15) is 19.8 Å². The maximum atomic E-state index is 13.2. The predicted octanol–water partition coefficient (Wildman–Crippen LogP) is 8.18. The van der Waals surface area contributed by atoms with Crippen LogP contribution < -0.4 is 0 Å². The summed E-state index contributed by atoms with van der Waals surface area (Å²) in [6.45, 7) is 23.3. The van der Waals surface area contributed by atoms with E-state index in [4.69, 9.17) is 0 Å². The van der Waals surface area contributed by atoms with Crippen LogP contribution in [-0.4, -0.2) is 45.2 Å². The fraction of sp³-hybridized carbons (Fsp3) is 0.543. The number of hydrogen-bond acceptors (Lipinski definition) is 3. The zero-order valence-electron chi connectivity index (χ0n) is 27.2. The van der Waals surface area contributed by atoms with Crippen LogP contribution in [0.4, 0.5) is 0 Å². The largest absolute Gasteiger partial charge is 0.480 e. The van der Waals surface area contributed by atoms with E-state index >= 15 is 0 Å². The van der Waals surface area contributed by atoms with Gasteiger partial charge in [0.1, 0.15) is 5.54 Å². The summed E-state index contributed by atoms with van der Waals surface area (Å²) in [6.07, 6.45) is 5.65. The molecule has 0 aliphatic heterocycles. The highest BCUT2D eigenvalue weighted by molar-refractivity contribution is 5.98. The van der Waals surface area contributed by atoms with Crippen molar-refractivity contribution in [3.63, 3.8) is 0 Å². The van der Waals surface area contributed by atoms with Crippen molar-refractivity contribution < 1.29 is 19.8 Å². The number of nitrogens with zero attached hydrogens (tertiary/aromatic N) is 1. The summed E-state index contributed by atoms with van der Waals surface area (Å²) < 4.78 is 0. The lowest BCUT2D eigenvalue weighted by molar-refractivity contribution is -0.147. The number of carboxylic acids is 1.